The zero-order chi connectivity index (χ0) is 19.5. The predicted octanol–water partition coefficient (Wildman–Crippen LogP) is 4.81. The van der Waals surface area contributed by atoms with Crippen molar-refractivity contribution in [1.29, 1.82) is 0 Å². The van der Waals surface area contributed by atoms with Crippen molar-refractivity contribution in [3.05, 3.63) is 119 Å². The Balaban J connectivity index is 1.35. The molecule has 29 heavy (non-hydrogen) atoms. The van der Waals surface area contributed by atoms with Crippen LogP contribution in [-0.2, 0) is 19.5 Å². The average Bonchev–Trinajstić information content (AvgIpc) is 3.21. The van der Waals surface area contributed by atoms with Gasteiger partial charge < -0.3 is 4.52 Å². The molecule has 1 aromatic heterocycles. The fourth-order valence-electron chi connectivity index (χ4n) is 4.17. The molecule has 3 aromatic carbocycles. The van der Waals surface area contributed by atoms with Gasteiger partial charge in [-0.15, -0.1) is 0 Å². The maximum atomic E-state index is 5.57. The molecular weight excluding hydrogens is 358 g/mol. The fraction of sp³-hybridized carbons (Fsp3) is 0.200. The predicted molar refractivity (Wildman–Crippen MR) is 112 cm³/mol. The van der Waals surface area contributed by atoms with Crippen LogP contribution in [0.3, 0.4) is 0 Å². The molecule has 4 heteroatoms. The minimum absolute atomic E-state index is 0.355. The standard InChI is InChI=1S/C25H23N3O/c1-3-9-19(10-4-1)15-24-26-25(29-27-24)18-28-16-21-13-7-8-14-22(21)23(17-28)20-11-5-2-6-12-20/h1-14,23H,15-18H2/t23-/m1/s1. The smallest absolute Gasteiger partial charge is 0.240 e. The molecule has 0 saturated heterocycles. The van der Waals surface area contributed by atoms with E-state index in [1.165, 1.54) is 22.3 Å². The third kappa shape index (κ3) is 3.98. The summed E-state index contributed by atoms with van der Waals surface area (Å²) >= 11 is 0. The number of rotatable bonds is 5. The van der Waals surface area contributed by atoms with Crippen molar-refractivity contribution in [3.63, 3.8) is 0 Å². The summed E-state index contributed by atoms with van der Waals surface area (Å²) in [4.78, 5) is 7.04. The van der Waals surface area contributed by atoms with Crippen LogP contribution in [0.15, 0.2) is 89.5 Å². The summed E-state index contributed by atoms with van der Waals surface area (Å²) in [7, 11) is 0. The Labute approximate surface area is 170 Å². The molecule has 0 saturated carbocycles. The first-order valence-electron chi connectivity index (χ1n) is 10.1. The Morgan fingerprint density at radius 3 is 2.41 bits per heavy atom. The molecule has 0 radical (unpaired) electrons. The van der Waals surface area contributed by atoms with E-state index in [4.69, 9.17) is 4.52 Å². The maximum Gasteiger partial charge on any atom is 0.240 e. The third-order valence-electron chi connectivity index (χ3n) is 5.54. The topological polar surface area (TPSA) is 42.2 Å². The zero-order valence-electron chi connectivity index (χ0n) is 16.2. The summed E-state index contributed by atoms with van der Waals surface area (Å²) in [6.45, 7) is 2.51. The molecule has 0 spiro atoms. The summed E-state index contributed by atoms with van der Waals surface area (Å²) in [6.07, 6.45) is 0.694. The molecule has 0 amide bonds. The number of fused-ring (bicyclic) bond motifs is 1. The van der Waals surface area contributed by atoms with Crippen LogP contribution in [0, 0.1) is 0 Å². The van der Waals surface area contributed by atoms with Crippen LogP contribution in [0.2, 0.25) is 0 Å². The van der Waals surface area contributed by atoms with Crippen molar-refractivity contribution in [2.75, 3.05) is 6.54 Å². The number of hydrogen-bond donors (Lipinski definition) is 0. The van der Waals surface area contributed by atoms with Crippen LogP contribution in [-0.4, -0.2) is 21.6 Å². The number of aromatic nitrogens is 2. The van der Waals surface area contributed by atoms with Crippen LogP contribution < -0.4 is 0 Å². The molecule has 0 unspecified atom stereocenters. The van der Waals surface area contributed by atoms with Gasteiger partial charge in [-0.3, -0.25) is 4.90 Å². The number of nitrogens with zero attached hydrogens (tertiary/aromatic N) is 3. The van der Waals surface area contributed by atoms with Crippen molar-refractivity contribution in [1.82, 2.24) is 15.0 Å². The highest BCUT2D eigenvalue weighted by atomic mass is 16.5. The minimum atomic E-state index is 0.355. The van der Waals surface area contributed by atoms with Gasteiger partial charge in [0, 0.05) is 25.4 Å². The van der Waals surface area contributed by atoms with Gasteiger partial charge in [-0.05, 0) is 22.3 Å². The highest BCUT2D eigenvalue weighted by Gasteiger charge is 2.27. The van der Waals surface area contributed by atoms with Crippen LogP contribution in [0.1, 0.15) is 39.9 Å². The first-order chi connectivity index (χ1) is 14.3. The molecular formula is C25H23N3O. The Bertz CT molecular complexity index is 1080. The normalized spacial score (nSPS) is 16.5. The Morgan fingerprint density at radius 2 is 1.59 bits per heavy atom. The molecule has 4 aromatic rings. The molecule has 144 valence electrons. The van der Waals surface area contributed by atoms with Gasteiger partial charge in [0.05, 0.1) is 6.54 Å². The largest absolute Gasteiger partial charge is 0.338 e. The highest BCUT2D eigenvalue weighted by Crippen LogP contribution is 2.33. The molecule has 0 N–H and O–H groups in total. The van der Waals surface area contributed by atoms with Crippen LogP contribution >= 0.6 is 0 Å². The van der Waals surface area contributed by atoms with E-state index in [2.05, 4.69) is 81.8 Å². The van der Waals surface area contributed by atoms with Crippen LogP contribution in [0.4, 0.5) is 0 Å². The van der Waals surface area contributed by atoms with E-state index in [0.717, 1.165) is 18.9 Å². The molecule has 0 fully saturated rings. The second-order valence-electron chi connectivity index (χ2n) is 7.60. The van der Waals surface area contributed by atoms with E-state index in [-0.39, 0.29) is 0 Å². The zero-order valence-corrected chi connectivity index (χ0v) is 16.2. The second-order valence-corrected chi connectivity index (χ2v) is 7.60. The van der Waals surface area contributed by atoms with Gasteiger partial charge in [-0.1, -0.05) is 90.1 Å². The first-order valence-corrected chi connectivity index (χ1v) is 10.1. The molecule has 5 rings (SSSR count). The van der Waals surface area contributed by atoms with E-state index < -0.39 is 0 Å². The summed E-state index contributed by atoms with van der Waals surface area (Å²) in [5.41, 5.74) is 5.33. The first kappa shape index (κ1) is 17.8. The average molecular weight is 381 g/mol. The summed E-state index contributed by atoms with van der Waals surface area (Å²) in [6, 6.07) is 29.7. The van der Waals surface area contributed by atoms with Gasteiger partial charge in [0.1, 0.15) is 0 Å². The van der Waals surface area contributed by atoms with Gasteiger partial charge >= 0.3 is 0 Å². The summed E-state index contributed by atoms with van der Waals surface area (Å²) in [5, 5.41) is 4.19. The Kier molecular flexibility index (Phi) is 4.93. The summed E-state index contributed by atoms with van der Waals surface area (Å²) < 4.78 is 5.57. The lowest BCUT2D eigenvalue weighted by Gasteiger charge is -2.34. The van der Waals surface area contributed by atoms with Gasteiger partial charge in [0.25, 0.3) is 0 Å². The van der Waals surface area contributed by atoms with Crippen molar-refractivity contribution in [3.8, 4) is 0 Å². The quantitative estimate of drug-likeness (QED) is 0.498. The molecule has 1 atom stereocenters. The lowest BCUT2D eigenvalue weighted by molar-refractivity contribution is 0.200. The minimum Gasteiger partial charge on any atom is -0.338 e. The molecule has 1 aliphatic heterocycles. The lowest BCUT2D eigenvalue weighted by atomic mass is 9.85. The molecule has 0 bridgehead atoms. The second kappa shape index (κ2) is 8.02. The van der Waals surface area contributed by atoms with Crippen molar-refractivity contribution in [2.45, 2.75) is 25.4 Å². The molecule has 2 heterocycles. The van der Waals surface area contributed by atoms with E-state index in [9.17, 15) is 0 Å². The molecule has 0 aliphatic carbocycles. The van der Waals surface area contributed by atoms with E-state index in [0.29, 0.717) is 24.8 Å². The molecule has 4 nitrogen and oxygen atoms in total. The van der Waals surface area contributed by atoms with Crippen molar-refractivity contribution >= 4 is 0 Å². The Hall–Kier alpha value is -3.24. The fourth-order valence-corrected chi connectivity index (χ4v) is 4.17. The highest BCUT2D eigenvalue weighted by molar-refractivity contribution is 5.40. The van der Waals surface area contributed by atoms with E-state index >= 15 is 0 Å². The van der Waals surface area contributed by atoms with Gasteiger partial charge in [-0.25, -0.2) is 0 Å². The van der Waals surface area contributed by atoms with Gasteiger partial charge in [-0.2, -0.15) is 4.98 Å². The summed E-state index contributed by atoms with van der Waals surface area (Å²) in [5.74, 6) is 1.78. The SMILES string of the molecule is c1ccc(Cc2noc(CN3Cc4ccccc4[C@@H](c4ccccc4)C3)n2)cc1. The monoisotopic (exact) mass is 381 g/mol. The van der Waals surface area contributed by atoms with Crippen LogP contribution in [0.25, 0.3) is 0 Å². The molecule has 1 aliphatic rings. The lowest BCUT2D eigenvalue weighted by Crippen LogP contribution is -2.33. The third-order valence-corrected chi connectivity index (χ3v) is 5.54. The maximum absolute atomic E-state index is 5.57. The Morgan fingerprint density at radius 1 is 0.862 bits per heavy atom. The van der Waals surface area contributed by atoms with Crippen LogP contribution in [0.5, 0.6) is 0 Å². The van der Waals surface area contributed by atoms with Crippen molar-refractivity contribution in [2.24, 2.45) is 0 Å². The number of hydrogen-bond acceptors (Lipinski definition) is 4. The number of benzene rings is 3. The van der Waals surface area contributed by atoms with Gasteiger partial charge in [0.2, 0.25) is 5.89 Å². The van der Waals surface area contributed by atoms with E-state index in [1.807, 2.05) is 18.2 Å². The van der Waals surface area contributed by atoms with Crippen molar-refractivity contribution < 1.29 is 4.52 Å². The van der Waals surface area contributed by atoms with E-state index in [1.54, 1.807) is 0 Å². The van der Waals surface area contributed by atoms with Gasteiger partial charge in [0.15, 0.2) is 5.82 Å².